The summed E-state index contributed by atoms with van der Waals surface area (Å²) in [5.74, 6) is 1.96. The molecule has 0 aromatic carbocycles. The SMILES string of the molecule is Cc1nc(CN2CCS(=O)(=O)CC2)c2cc(C3CCC(C)(C)CC3)sc2n1. The van der Waals surface area contributed by atoms with Crippen LogP contribution in [0.15, 0.2) is 6.07 Å². The lowest BCUT2D eigenvalue weighted by molar-refractivity contribution is 0.226. The summed E-state index contributed by atoms with van der Waals surface area (Å²) < 4.78 is 23.4. The summed E-state index contributed by atoms with van der Waals surface area (Å²) >= 11 is 1.83. The topological polar surface area (TPSA) is 63.2 Å². The first kappa shape index (κ1) is 19.3. The molecule has 0 radical (unpaired) electrons. The van der Waals surface area contributed by atoms with Gasteiger partial charge >= 0.3 is 0 Å². The van der Waals surface area contributed by atoms with E-state index in [4.69, 9.17) is 4.98 Å². The second-order valence-corrected chi connectivity index (χ2v) is 12.3. The van der Waals surface area contributed by atoms with Crippen LogP contribution in [0.2, 0.25) is 0 Å². The zero-order valence-electron chi connectivity index (χ0n) is 16.5. The molecular weight excluding hydrogens is 378 g/mol. The van der Waals surface area contributed by atoms with Crippen LogP contribution in [0.1, 0.15) is 61.8 Å². The van der Waals surface area contributed by atoms with Crippen molar-refractivity contribution in [1.29, 1.82) is 0 Å². The van der Waals surface area contributed by atoms with Crippen molar-refractivity contribution in [1.82, 2.24) is 14.9 Å². The molecule has 2 aromatic heterocycles. The molecule has 1 aliphatic heterocycles. The van der Waals surface area contributed by atoms with Crippen molar-refractivity contribution in [3.63, 3.8) is 0 Å². The Bertz CT molecular complexity index is 926. The Kier molecular flexibility index (Phi) is 5.06. The van der Waals surface area contributed by atoms with Crippen molar-refractivity contribution in [2.24, 2.45) is 5.41 Å². The molecule has 4 rings (SSSR count). The van der Waals surface area contributed by atoms with Gasteiger partial charge in [-0.3, -0.25) is 4.90 Å². The first-order valence-electron chi connectivity index (χ1n) is 9.91. The summed E-state index contributed by atoms with van der Waals surface area (Å²) in [6, 6.07) is 2.32. The van der Waals surface area contributed by atoms with Crippen LogP contribution in [0.5, 0.6) is 0 Å². The zero-order chi connectivity index (χ0) is 19.2. The minimum atomic E-state index is -2.85. The molecule has 2 aliphatic rings. The third kappa shape index (κ3) is 4.35. The molecule has 0 atom stereocenters. The van der Waals surface area contributed by atoms with Crippen molar-refractivity contribution in [2.75, 3.05) is 24.6 Å². The molecule has 148 valence electrons. The summed E-state index contributed by atoms with van der Waals surface area (Å²) in [7, 11) is -2.85. The maximum absolute atomic E-state index is 11.7. The highest BCUT2D eigenvalue weighted by Crippen LogP contribution is 2.45. The second-order valence-electron chi connectivity index (χ2n) is 8.95. The number of hydrogen-bond donors (Lipinski definition) is 0. The minimum absolute atomic E-state index is 0.257. The molecule has 27 heavy (non-hydrogen) atoms. The monoisotopic (exact) mass is 407 g/mol. The van der Waals surface area contributed by atoms with E-state index < -0.39 is 9.84 Å². The van der Waals surface area contributed by atoms with E-state index in [0.29, 0.717) is 31.0 Å². The van der Waals surface area contributed by atoms with Crippen LogP contribution in [0.25, 0.3) is 10.2 Å². The minimum Gasteiger partial charge on any atom is -0.295 e. The van der Waals surface area contributed by atoms with E-state index in [9.17, 15) is 8.42 Å². The smallest absolute Gasteiger partial charge is 0.152 e. The number of thiophene rings is 1. The lowest BCUT2D eigenvalue weighted by Crippen LogP contribution is -2.39. The number of aryl methyl sites for hydroxylation is 1. The Labute approximate surface area is 166 Å². The van der Waals surface area contributed by atoms with Gasteiger partial charge in [0.05, 0.1) is 17.2 Å². The van der Waals surface area contributed by atoms with Crippen LogP contribution in [0, 0.1) is 12.3 Å². The fourth-order valence-electron chi connectivity index (χ4n) is 4.24. The number of rotatable bonds is 3. The Balaban J connectivity index is 1.57. The predicted molar refractivity (Wildman–Crippen MR) is 111 cm³/mol. The Morgan fingerprint density at radius 1 is 1.19 bits per heavy atom. The van der Waals surface area contributed by atoms with Gasteiger partial charge in [0.2, 0.25) is 0 Å². The molecule has 2 aromatic rings. The largest absolute Gasteiger partial charge is 0.295 e. The molecule has 1 saturated heterocycles. The molecular formula is C20H29N3O2S2. The maximum atomic E-state index is 11.7. The molecule has 5 nitrogen and oxygen atoms in total. The van der Waals surface area contributed by atoms with Gasteiger partial charge in [0.1, 0.15) is 10.7 Å². The Morgan fingerprint density at radius 3 is 2.52 bits per heavy atom. The van der Waals surface area contributed by atoms with Gasteiger partial charge in [-0.25, -0.2) is 18.4 Å². The summed E-state index contributed by atoms with van der Waals surface area (Å²) in [6.45, 7) is 8.61. The first-order chi connectivity index (χ1) is 12.7. The van der Waals surface area contributed by atoms with E-state index in [1.54, 1.807) is 0 Å². The molecule has 2 fully saturated rings. The lowest BCUT2D eigenvalue weighted by atomic mass is 9.73. The Morgan fingerprint density at radius 2 is 1.85 bits per heavy atom. The molecule has 0 bridgehead atoms. The van der Waals surface area contributed by atoms with Crippen LogP contribution < -0.4 is 0 Å². The molecule has 1 aliphatic carbocycles. The highest BCUT2D eigenvalue weighted by Gasteiger charge is 2.29. The van der Waals surface area contributed by atoms with E-state index in [0.717, 1.165) is 16.3 Å². The van der Waals surface area contributed by atoms with Gasteiger partial charge in [0.25, 0.3) is 0 Å². The molecule has 0 amide bonds. The van der Waals surface area contributed by atoms with Crippen LogP contribution in [-0.4, -0.2) is 47.9 Å². The fraction of sp³-hybridized carbons (Fsp3) is 0.700. The molecule has 0 N–H and O–H groups in total. The van der Waals surface area contributed by atoms with Gasteiger partial charge in [-0.2, -0.15) is 0 Å². The standard InChI is InChI=1S/C20H29N3O2S2/c1-14-21-17(13-23-8-10-27(24,25)11-9-23)16-12-18(26-19(16)22-14)15-4-6-20(2,3)7-5-15/h12,15H,4-11,13H2,1-3H3. The van der Waals surface area contributed by atoms with E-state index in [1.165, 1.54) is 35.9 Å². The van der Waals surface area contributed by atoms with E-state index in [1.807, 2.05) is 18.3 Å². The van der Waals surface area contributed by atoms with E-state index in [-0.39, 0.29) is 11.5 Å². The van der Waals surface area contributed by atoms with Crippen LogP contribution in [0.3, 0.4) is 0 Å². The number of fused-ring (bicyclic) bond motifs is 1. The van der Waals surface area contributed by atoms with Crippen LogP contribution in [0.4, 0.5) is 0 Å². The third-order valence-electron chi connectivity index (χ3n) is 6.15. The fourth-order valence-corrected chi connectivity index (χ4v) is 6.79. The van der Waals surface area contributed by atoms with Gasteiger partial charge in [-0.15, -0.1) is 11.3 Å². The quantitative estimate of drug-likeness (QED) is 0.772. The van der Waals surface area contributed by atoms with Crippen LogP contribution in [-0.2, 0) is 16.4 Å². The maximum Gasteiger partial charge on any atom is 0.152 e. The van der Waals surface area contributed by atoms with Gasteiger partial charge in [0.15, 0.2) is 9.84 Å². The third-order valence-corrected chi connectivity index (χ3v) is 8.96. The van der Waals surface area contributed by atoms with E-state index >= 15 is 0 Å². The average molecular weight is 408 g/mol. The molecule has 1 saturated carbocycles. The van der Waals surface area contributed by atoms with Crippen molar-refractivity contribution < 1.29 is 8.42 Å². The lowest BCUT2D eigenvalue weighted by Gasteiger charge is -2.33. The van der Waals surface area contributed by atoms with Gasteiger partial charge in [-0.05, 0) is 50.0 Å². The van der Waals surface area contributed by atoms with Crippen molar-refractivity contribution in [3.8, 4) is 0 Å². The summed E-state index contributed by atoms with van der Waals surface area (Å²) in [5, 5.41) is 1.17. The molecule has 7 heteroatoms. The van der Waals surface area contributed by atoms with E-state index in [2.05, 4.69) is 29.8 Å². The highest BCUT2D eigenvalue weighted by molar-refractivity contribution is 7.91. The summed E-state index contributed by atoms with van der Waals surface area (Å²) in [5.41, 5.74) is 1.53. The number of aromatic nitrogens is 2. The summed E-state index contributed by atoms with van der Waals surface area (Å²) in [6.07, 6.45) is 5.08. The average Bonchev–Trinajstić information content (AvgIpc) is 3.00. The van der Waals surface area contributed by atoms with Gasteiger partial charge in [-0.1, -0.05) is 13.8 Å². The zero-order valence-corrected chi connectivity index (χ0v) is 18.1. The van der Waals surface area contributed by atoms with Crippen molar-refractivity contribution in [3.05, 3.63) is 22.5 Å². The highest BCUT2D eigenvalue weighted by atomic mass is 32.2. The number of hydrogen-bond acceptors (Lipinski definition) is 6. The normalized spacial score (nSPS) is 23.7. The van der Waals surface area contributed by atoms with Crippen molar-refractivity contribution >= 4 is 31.4 Å². The van der Waals surface area contributed by atoms with Crippen LogP contribution >= 0.6 is 11.3 Å². The molecule has 3 heterocycles. The number of sulfone groups is 1. The van der Waals surface area contributed by atoms with Crippen molar-refractivity contribution in [2.45, 2.75) is 58.9 Å². The first-order valence-corrected chi connectivity index (χ1v) is 12.5. The molecule has 0 unspecified atom stereocenters. The summed E-state index contributed by atoms with van der Waals surface area (Å²) in [4.78, 5) is 14.2. The van der Waals surface area contributed by atoms with Gasteiger partial charge < -0.3 is 0 Å². The molecule has 0 spiro atoms. The Hall–Kier alpha value is -1.05. The second kappa shape index (κ2) is 7.08. The predicted octanol–water partition coefficient (Wildman–Crippen LogP) is 3.91. The number of nitrogens with zero attached hydrogens (tertiary/aromatic N) is 3. The van der Waals surface area contributed by atoms with Gasteiger partial charge in [0, 0.05) is 29.9 Å².